The monoisotopic (exact) mass is 247 g/mol. The Labute approximate surface area is 110 Å². The van der Waals surface area contributed by atoms with Crippen molar-refractivity contribution in [3.05, 3.63) is 17.0 Å². The molecular weight excluding hydrogens is 222 g/mol. The molecule has 1 saturated carbocycles. The van der Waals surface area contributed by atoms with E-state index in [0.717, 1.165) is 19.0 Å². The van der Waals surface area contributed by atoms with Crippen LogP contribution in [0.5, 0.6) is 0 Å². The molecule has 3 nitrogen and oxygen atoms in total. The number of hydrogen-bond donors (Lipinski definition) is 2. The molecule has 0 unspecified atom stereocenters. The highest BCUT2D eigenvalue weighted by Gasteiger charge is 2.25. The van der Waals surface area contributed by atoms with Crippen LogP contribution in [0.2, 0.25) is 0 Å². The molecule has 1 aliphatic carbocycles. The molecule has 2 N–H and O–H groups in total. The minimum atomic E-state index is 0.705. The van der Waals surface area contributed by atoms with Crippen molar-refractivity contribution in [1.82, 2.24) is 15.5 Å². The van der Waals surface area contributed by atoms with Crippen LogP contribution in [0.4, 0.5) is 0 Å². The summed E-state index contributed by atoms with van der Waals surface area (Å²) in [6.45, 7) is 4.59. The third kappa shape index (κ3) is 2.33. The molecule has 0 spiro atoms. The number of aromatic amines is 1. The lowest BCUT2D eigenvalue weighted by atomic mass is 9.84. The lowest BCUT2D eigenvalue weighted by Gasteiger charge is -2.23. The van der Waals surface area contributed by atoms with E-state index in [4.69, 9.17) is 0 Å². The average Bonchev–Trinajstić information content (AvgIpc) is 2.83. The molecule has 0 bridgehead atoms. The molecule has 0 amide bonds. The van der Waals surface area contributed by atoms with Gasteiger partial charge in [0.15, 0.2) is 0 Å². The van der Waals surface area contributed by atoms with Gasteiger partial charge < -0.3 is 5.32 Å². The maximum absolute atomic E-state index is 4.67. The Morgan fingerprint density at radius 1 is 0.944 bits per heavy atom. The average molecular weight is 247 g/mol. The van der Waals surface area contributed by atoms with Gasteiger partial charge >= 0.3 is 0 Å². The van der Waals surface area contributed by atoms with Crippen LogP contribution in [0.1, 0.15) is 73.7 Å². The molecule has 1 aromatic heterocycles. The van der Waals surface area contributed by atoms with E-state index >= 15 is 0 Å². The van der Waals surface area contributed by atoms with E-state index in [2.05, 4.69) is 22.4 Å². The fourth-order valence-electron chi connectivity index (χ4n) is 3.71. The molecule has 2 fully saturated rings. The van der Waals surface area contributed by atoms with E-state index in [1.807, 2.05) is 0 Å². The zero-order chi connectivity index (χ0) is 12.4. The Hall–Kier alpha value is -0.830. The van der Waals surface area contributed by atoms with Crippen LogP contribution in [0.3, 0.4) is 0 Å². The van der Waals surface area contributed by atoms with Crippen molar-refractivity contribution < 1.29 is 0 Å². The van der Waals surface area contributed by atoms with E-state index in [9.17, 15) is 0 Å². The van der Waals surface area contributed by atoms with Crippen molar-refractivity contribution in [2.24, 2.45) is 0 Å². The van der Waals surface area contributed by atoms with Crippen molar-refractivity contribution in [3.8, 4) is 0 Å². The number of nitrogens with zero attached hydrogens (tertiary/aromatic N) is 1. The largest absolute Gasteiger partial charge is 0.317 e. The Morgan fingerprint density at radius 2 is 1.67 bits per heavy atom. The number of H-pyrrole nitrogens is 1. The first-order valence-corrected chi connectivity index (χ1v) is 7.61. The Morgan fingerprint density at radius 3 is 2.39 bits per heavy atom. The lowest BCUT2D eigenvalue weighted by molar-refractivity contribution is 0.435. The van der Waals surface area contributed by atoms with Crippen LogP contribution < -0.4 is 5.32 Å². The molecule has 2 heterocycles. The van der Waals surface area contributed by atoms with Crippen molar-refractivity contribution in [2.75, 3.05) is 13.1 Å². The maximum Gasteiger partial charge on any atom is 0.0685 e. The van der Waals surface area contributed by atoms with Gasteiger partial charge in [-0.2, -0.15) is 5.10 Å². The number of hydrogen-bond acceptors (Lipinski definition) is 2. The quantitative estimate of drug-likeness (QED) is 0.842. The summed E-state index contributed by atoms with van der Waals surface area (Å²) in [6, 6.07) is 0. The summed E-state index contributed by atoms with van der Waals surface area (Å²) in [5.74, 6) is 1.43. The van der Waals surface area contributed by atoms with Gasteiger partial charge in [-0.3, -0.25) is 5.10 Å². The van der Waals surface area contributed by atoms with Crippen molar-refractivity contribution >= 4 is 0 Å². The smallest absolute Gasteiger partial charge is 0.0685 e. The minimum Gasteiger partial charge on any atom is -0.317 e. The van der Waals surface area contributed by atoms with Gasteiger partial charge in [0, 0.05) is 17.5 Å². The highest BCUT2D eigenvalue weighted by molar-refractivity contribution is 5.29. The highest BCUT2D eigenvalue weighted by atomic mass is 15.1. The van der Waals surface area contributed by atoms with Crippen LogP contribution >= 0.6 is 0 Å². The summed E-state index contributed by atoms with van der Waals surface area (Å²) in [6.07, 6.45) is 9.40. The van der Waals surface area contributed by atoms with Crippen molar-refractivity contribution in [3.63, 3.8) is 0 Å². The topological polar surface area (TPSA) is 40.7 Å². The highest BCUT2D eigenvalue weighted by Crippen LogP contribution is 2.36. The maximum atomic E-state index is 4.67. The van der Waals surface area contributed by atoms with E-state index in [0.29, 0.717) is 5.92 Å². The molecule has 100 valence electrons. The summed E-state index contributed by atoms with van der Waals surface area (Å²) >= 11 is 0. The number of nitrogens with one attached hydrogen (secondary N) is 2. The molecule has 0 atom stereocenters. The fourth-order valence-corrected chi connectivity index (χ4v) is 3.71. The summed E-state index contributed by atoms with van der Waals surface area (Å²) in [7, 11) is 0. The van der Waals surface area contributed by atoms with Gasteiger partial charge in [-0.25, -0.2) is 0 Å². The molecule has 3 rings (SSSR count). The van der Waals surface area contributed by atoms with Crippen LogP contribution in [0, 0.1) is 6.92 Å². The molecule has 0 aromatic carbocycles. The van der Waals surface area contributed by atoms with E-state index in [1.54, 1.807) is 0 Å². The predicted octanol–water partition coefficient (Wildman–Crippen LogP) is 3.23. The van der Waals surface area contributed by atoms with E-state index in [1.165, 1.54) is 61.9 Å². The number of aromatic nitrogens is 2. The second-order valence-corrected chi connectivity index (χ2v) is 6.01. The van der Waals surface area contributed by atoms with Gasteiger partial charge in [-0.15, -0.1) is 0 Å². The third-order valence-electron chi connectivity index (χ3n) is 4.82. The van der Waals surface area contributed by atoms with Gasteiger partial charge in [-0.1, -0.05) is 19.3 Å². The SMILES string of the molecule is Cc1c(C2CCCCC2)n[nH]c1C1CCNCC1. The van der Waals surface area contributed by atoms with Gasteiger partial charge in [0.25, 0.3) is 0 Å². The fraction of sp³-hybridized carbons (Fsp3) is 0.800. The van der Waals surface area contributed by atoms with Gasteiger partial charge in [0.05, 0.1) is 5.69 Å². The summed E-state index contributed by atoms with van der Waals surface area (Å²) in [5.41, 5.74) is 4.27. The van der Waals surface area contributed by atoms with Crippen molar-refractivity contribution in [1.29, 1.82) is 0 Å². The molecule has 2 aliphatic rings. The molecule has 1 saturated heterocycles. The third-order valence-corrected chi connectivity index (χ3v) is 4.82. The van der Waals surface area contributed by atoms with E-state index < -0.39 is 0 Å². The molecule has 3 heteroatoms. The normalized spacial score (nSPS) is 23.4. The second-order valence-electron chi connectivity index (χ2n) is 6.01. The van der Waals surface area contributed by atoms with E-state index in [-0.39, 0.29) is 0 Å². The first-order chi connectivity index (χ1) is 8.86. The van der Waals surface area contributed by atoms with Crippen LogP contribution in [-0.2, 0) is 0 Å². The van der Waals surface area contributed by atoms with Gasteiger partial charge in [0.2, 0.25) is 0 Å². The molecule has 1 aliphatic heterocycles. The zero-order valence-electron chi connectivity index (χ0n) is 11.5. The lowest BCUT2D eigenvalue weighted by Crippen LogP contribution is -2.27. The second kappa shape index (κ2) is 5.43. The summed E-state index contributed by atoms with van der Waals surface area (Å²) in [4.78, 5) is 0. The zero-order valence-corrected chi connectivity index (χ0v) is 11.5. The van der Waals surface area contributed by atoms with Gasteiger partial charge in [0.1, 0.15) is 0 Å². The molecule has 18 heavy (non-hydrogen) atoms. The number of piperidine rings is 1. The first-order valence-electron chi connectivity index (χ1n) is 7.61. The Balaban J connectivity index is 1.78. The molecular formula is C15H25N3. The standard InChI is InChI=1S/C15H25N3/c1-11-14(12-5-3-2-4-6-12)17-18-15(11)13-7-9-16-10-8-13/h12-13,16H,2-10H2,1H3,(H,17,18). The summed E-state index contributed by atoms with van der Waals surface area (Å²) < 4.78 is 0. The first kappa shape index (κ1) is 12.2. The Kier molecular flexibility index (Phi) is 3.69. The minimum absolute atomic E-state index is 0.705. The predicted molar refractivity (Wildman–Crippen MR) is 74.0 cm³/mol. The van der Waals surface area contributed by atoms with Crippen LogP contribution in [0.15, 0.2) is 0 Å². The summed E-state index contributed by atoms with van der Waals surface area (Å²) in [5, 5.41) is 11.5. The van der Waals surface area contributed by atoms with Crippen LogP contribution in [-0.4, -0.2) is 23.3 Å². The van der Waals surface area contributed by atoms with Crippen molar-refractivity contribution in [2.45, 2.75) is 63.7 Å². The Bertz CT molecular complexity index is 349. The van der Waals surface area contributed by atoms with Gasteiger partial charge in [-0.05, 0) is 51.3 Å². The van der Waals surface area contributed by atoms with Crippen LogP contribution in [0.25, 0.3) is 0 Å². The number of rotatable bonds is 2. The molecule has 0 radical (unpaired) electrons. The molecule has 1 aromatic rings.